The molecule has 3 nitrogen and oxygen atoms in total. The highest BCUT2D eigenvalue weighted by molar-refractivity contribution is 5.26. The molecule has 2 unspecified atom stereocenters. The minimum absolute atomic E-state index is 0.368. The first-order valence-electron chi connectivity index (χ1n) is 6.81. The van der Waals surface area contributed by atoms with Crippen molar-refractivity contribution in [3.05, 3.63) is 29.8 Å². The molecule has 0 aromatic heterocycles. The maximum Gasteiger partial charge on any atom is 0.118 e. The summed E-state index contributed by atoms with van der Waals surface area (Å²) >= 11 is 0. The van der Waals surface area contributed by atoms with Crippen molar-refractivity contribution in [2.75, 3.05) is 13.7 Å². The molecule has 0 aliphatic heterocycles. The number of rotatable bonds is 6. The van der Waals surface area contributed by atoms with Crippen LogP contribution in [0.25, 0.3) is 0 Å². The topological polar surface area (TPSA) is 30.5 Å². The lowest BCUT2D eigenvalue weighted by atomic mass is 10.2. The van der Waals surface area contributed by atoms with Crippen LogP contribution >= 0.6 is 0 Å². The van der Waals surface area contributed by atoms with Crippen LogP contribution in [-0.4, -0.2) is 25.8 Å². The van der Waals surface area contributed by atoms with Crippen molar-refractivity contribution in [2.24, 2.45) is 0 Å². The standard InChI is InChI=1S/C15H23NO2/c1-3-16-14-5-4-6-15(14)18-11-12-7-9-13(17-2)10-8-12/h7-10,14-16H,3-6,11H2,1-2H3. The number of hydrogen-bond donors (Lipinski definition) is 1. The Hall–Kier alpha value is -1.06. The fourth-order valence-electron chi connectivity index (χ4n) is 2.55. The lowest BCUT2D eigenvalue weighted by Crippen LogP contribution is -2.36. The monoisotopic (exact) mass is 249 g/mol. The van der Waals surface area contributed by atoms with E-state index in [1.54, 1.807) is 7.11 Å². The number of methoxy groups -OCH3 is 1. The van der Waals surface area contributed by atoms with Crippen LogP contribution < -0.4 is 10.1 Å². The number of likely N-dealkylation sites (N-methyl/N-ethyl adjacent to an activating group) is 1. The average Bonchev–Trinajstić information content (AvgIpc) is 2.85. The molecule has 1 fully saturated rings. The fraction of sp³-hybridized carbons (Fsp3) is 0.600. The van der Waals surface area contributed by atoms with Gasteiger partial charge in [-0.15, -0.1) is 0 Å². The van der Waals surface area contributed by atoms with Crippen molar-refractivity contribution >= 4 is 0 Å². The van der Waals surface area contributed by atoms with Crippen LogP contribution in [0.2, 0.25) is 0 Å². The van der Waals surface area contributed by atoms with Crippen molar-refractivity contribution in [2.45, 2.75) is 44.9 Å². The van der Waals surface area contributed by atoms with Gasteiger partial charge in [-0.1, -0.05) is 19.1 Å². The van der Waals surface area contributed by atoms with E-state index >= 15 is 0 Å². The molecule has 1 aromatic carbocycles. The van der Waals surface area contributed by atoms with Gasteiger partial charge in [0.05, 0.1) is 19.8 Å². The van der Waals surface area contributed by atoms with E-state index in [0.717, 1.165) is 12.3 Å². The number of hydrogen-bond acceptors (Lipinski definition) is 3. The molecule has 1 aliphatic rings. The van der Waals surface area contributed by atoms with Gasteiger partial charge < -0.3 is 14.8 Å². The van der Waals surface area contributed by atoms with Crippen molar-refractivity contribution in [3.8, 4) is 5.75 Å². The summed E-state index contributed by atoms with van der Waals surface area (Å²) in [5, 5.41) is 3.50. The van der Waals surface area contributed by atoms with Crippen LogP contribution in [0, 0.1) is 0 Å². The molecule has 0 radical (unpaired) electrons. The Bertz CT molecular complexity index is 350. The molecule has 2 atom stereocenters. The molecule has 1 aliphatic carbocycles. The third-order valence-corrected chi connectivity index (χ3v) is 3.54. The third kappa shape index (κ3) is 3.47. The molecule has 2 rings (SSSR count). The third-order valence-electron chi connectivity index (χ3n) is 3.54. The van der Waals surface area contributed by atoms with Gasteiger partial charge in [0, 0.05) is 6.04 Å². The lowest BCUT2D eigenvalue weighted by molar-refractivity contribution is 0.0283. The molecule has 0 bridgehead atoms. The van der Waals surface area contributed by atoms with E-state index in [2.05, 4.69) is 24.4 Å². The largest absolute Gasteiger partial charge is 0.497 e. The first-order chi connectivity index (χ1) is 8.83. The summed E-state index contributed by atoms with van der Waals surface area (Å²) in [5.74, 6) is 0.894. The van der Waals surface area contributed by atoms with Gasteiger partial charge in [-0.25, -0.2) is 0 Å². The molecule has 1 saturated carbocycles. The van der Waals surface area contributed by atoms with Crippen molar-refractivity contribution in [1.29, 1.82) is 0 Å². The zero-order chi connectivity index (χ0) is 12.8. The fourth-order valence-corrected chi connectivity index (χ4v) is 2.55. The van der Waals surface area contributed by atoms with E-state index in [1.807, 2.05) is 12.1 Å². The highest BCUT2D eigenvalue weighted by atomic mass is 16.5. The minimum atomic E-state index is 0.368. The van der Waals surface area contributed by atoms with Gasteiger partial charge in [-0.2, -0.15) is 0 Å². The van der Waals surface area contributed by atoms with Crippen molar-refractivity contribution in [3.63, 3.8) is 0 Å². The molecule has 0 amide bonds. The number of benzene rings is 1. The highest BCUT2D eigenvalue weighted by Gasteiger charge is 2.26. The molecular formula is C15H23NO2. The second-order valence-electron chi connectivity index (χ2n) is 4.79. The van der Waals surface area contributed by atoms with Gasteiger partial charge in [-0.3, -0.25) is 0 Å². The Morgan fingerprint density at radius 2 is 2.00 bits per heavy atom. The quantitative estimate of drug-likeness (QED) is 0.841. The van der Waals surface area contributed by atoms with Crippen LogP contribution in [-0.2, 0) is 11.3 Å². The normalized spacial score (nSPS) is 23.2. The summed E-state index contributed by atoms with van der Waals surface area (Å²) in [4.78, 5) is 0. The molecule has 18 heavy (non-hydrogen) atoms. The van der Waals surface area contributed by atoms with Crippen LogP contribution in [0.5, 0.6) is 5.75 Å². The highest BCUT2D eigenvalue weighted by Crippen LogP contribution is 2.23. The van der Waals surface area contributed by atoms with Crippen LogP contribution in [0.4, 0.5) is 0 Å². The summed E-state index contributed by atoms with van der Waals surface area (Å²) in [5.41, 5.74) is 1.21. The van der Waals surface area contributed by atoms with Gasteiger partial charge in [0.1, 0.15) is 5.75 Å². The molecular weight excluding hydrogens is 226 g/mol. The summed E-state index contributed by atoms with van der Waals surface area (Å²) in [6.07, 6.45) is 4.05. The molecule has 0 saturated heterocycles. The van der Waals surface area contributed by atoms with Crippen LogP contribution in [0.15, 0.2) is 24.3 Å². The number of nitrogens with one attached hydrogen (secondary N) is 1. The first-order valence-corrected chi connectivity index (χ1v) is 6.81. The summed E-state index contributed by atoms with van der Waals surface area (Å²) in [6, 6.07) is 8.63. The van der Waals surface area contributed by atoms with Crippen LogP contribution in [0.3, 0.4) is 0 Å². The predicted octanol–water partition coefficient (Wildman–Crippen LogP) is 2.74. The first kappa shape index (κ1) is 13.4. The van der Waals surface area contributed by atoms with E-state index < -0.39 is 0 Å². The second-order valence-corrected chi connectivity index (χ2v) is 4.79. The van der Waals surface area contributed by atoms with Gasteiger partial charge in [-0.05, 0) is 43.5 Å². The van der Waals surface area contributed by atoms with E-state index in [9.17, 15) is 0 Å². The molecule has 3 heteroatoms. The maximum absolute atomic E-state index is 6.02. The summed E-state index contributed by atoms with van der Waals surface area (Å²) < 4.78 is 11.2. The van der Waals surface area contributed by atoms with Gasteiger partial charge in [0.25, 0.3) is 0 Å². The number of ether oxygens (including phenoxy) is 2. The Morgan fingerprint density at radius 1 is 1.22 bits per heavy atom. The maximum atomic E-state index is 6.02. The molecule has 100 valence electrons. The van der Waals surface area contributed by atoms with E-state index in [-0.39, 0.29) is 0 Å². The Morgan fingerprint density at radius 3 is 2.67 bits per heavy atom. The summed E-state index contributed by atoms with van der Waals surface area (Å²) in [7, 11) is 1.69. The predicted molar refractivity (Wildman–Crippen MR) is 72.9 cm³/mol. The summed E-state index contributed by atoms with van der Waals surface area (Å²) in [6.45, 7) is 3.86. The van der Waals surface area contributed by atoms with E-state index in [1.165, 1.54) is 24.8 Å². The van der Waals surface area contributed by atoms with Crippen molar-refractivity contribution in [1.82, 2.24) is 5.32 Å². The Kier molecular flexibility index (Phi) is 5.02. The zero-order valence-electron chi connectivity index (χ0n) is 11.3. The smallest absolute Gasteiger partial charge is 0.118 e. The Labute approximate surface area is 109 Å². The molecule has 1 N–H and O–H groups in total. The lowest BCUT2D eigenvalue weighted by Gasteiger charge is -2.21. The zero-order valence-corrected chi connectivity index (χ0v) is 11.3. The van der Waals surface area contributed by atoms with Crippen LogP contribution in [0.1, 0.15) is 31.7 Å². The minimum Gasteiger partial charge on any atom is -0.497 e. The SMILES string of the molecule is CCNC1CCCC1OCc1ccc(OC)cc1. The van der Waals surface area contributed by atoms with Gasteiger partial charge >= 0.3 is 0 Å². The molecule has 0 spiro atoms. The average molecular weight is 249 g/mol. The van der Waals surface area contributed by atoms with Gasteiger partial charge in [0.15, 0.2) is 0 Å². The van der Waals surface area contributed by atoms with Crippen molar-refractivity contribution < 1.29 is 9.47 Å². The van der Waals surface area contributed by atoms with E-state index in [4.69, 9.17) is 9.47 Å². The molecule has 1 aromatic rings. The Balaban J connectivity index is 1.82. The van der Waals surface area contributed by atoms with E-state index in [0.29, 0.717) is 18.8 Å². The van der Waals surface area contributed by atoms with Gasteiger partial charge in [0.2, 0.25) is 0 Å². The second kappa shape index (κ2) is 6.76. The molecule has 0 heterocycles.